The van der Waals surface area contributed by atoms with Crippen molar-refractivity contribution in [1.29, 1.82) is 0 Å². The average molecular weight is 513 g/mol. The molecule has 0 saturated heterocycles. The number of carbonyl (C=O) groups is 3. The van der Waals surface area contributed by atoms with E-state index in [1.54, 1.807) is 43.5 Å². The van der Waals surface area contributed by atoms with E-state index in [1.165, 1.54) is 6.07 Å². The molecule has 198 valence electrons. The first kappa shape index (κ1) is 30.3. The molecule has 0 aromatic heterocycles. The van der Waals surface area contributed by atoms with Crippen LogP contribution in [0.15, 0.2) is 42.5 Å². The van der Waals surface area contributed by atoms with Gasteiger partial charge in [-0.1, -0.05) is 27.7 Å². The second-order valence-corrected chi connectivity index (χ2v) is 8.72. The molecule has 0 aliphatic rings. The third-order valence-corrected chi connectivity index (χ3v) is 4.60. The Morgan fingerprint density at radius 2 is 1.39 bits per heavy atom. The lowest BCUT2D eigenvalue weighted by Gasteiger charge is -2.30. The molecule has 2 aromatic rings. The van der Waals surface area contributed by atoms with E-state index in [9.17, 15) is 27.9 Å². The Morgan fingerprint density at radius 3 is 1.78 bits per heavy atom. The molecule has 8 nitrogen and oxygen atoms in total. The minimum atomic E-state index is -5.08. The highest BCUT2D eigenvalue weighted by Gasteiger charge is 2.38. The first-order valence-corrected chi connectivity index (χ1v) is 11.0. The van der Waals surface area contributed by atoms with Crippen LogP contribution in [0.25, 0.3) is 0 Å². The highest BCUT2D eigenvalue weighted by Crippen LogP contribution is 2.30. The van der Waals surface area contributed by atoms with E-state index in [-0.39, 0.29) is 11.5 Å². The molecule has 0 spiro atoms. The second-order valence-electron chi connectivity index (χ2n) is 8.72. The molecular formula is C25H31F3N2O6. The van der Waals surface area contributed by atoms with Gasteiger partial charge in [0.2, 0.25) is 0 Å². The molecule has 0 fully saturated rings. The summed E-state index contributed by atoms with van der Waals surface area (Å²) in [5.74, 6) is -2.60. The number of hydrogen-bond donors (Lipinski definition) is 3. The van der Waals surface area contributed by atoms with E-state index in [0.717, 1.165) is 18.8 Å². The summed E-state index contributed by atoms with van der Waals surface area (Å²) in [7, 11) is 1.57. The predicted molar refractivity (Wildman–Crippen MR) is 130 cm³/mol. The predicted octanol–water partition coefficient (Wildman–Crippen LogP) is 5.40. The number of amides is 1. The van der Waals surface area contributed by atoms with Gasteiger partial charge in [0, 0.05) is 18.7 Å². The molecule has 0 aliphatic carbocycles. The molecular weight excluding hydrogens is 481 g/mol. The van der Waals surface area contributed by atoms with Gasteiger partial charge in [-0.2, -0.15) is 13.2 Å². The maximum absolute atomic E-state index is 12.8. The maximum Gasteiger partial charge on any atom is 0.490 e. The summed E-state index contributed by atoms with van der Waals surface area (Å²) in [6, 6.07) is 11.7. The summed E-state index contributed by atoms with van der Waals surface area (Å²) >= 11 is 0. The van der Waals surface area contributed by atoms with Crippen LogP contribution in [0.2, 0.25) is 0 Å². The van der Waals surface area contributed by atoms with Gasteiger partial charge in [-0.3, -0.25) is 4.79 Å². The van der Waals surface area contributed by atoms with Crippen LogP contribution in [0.5, 0.6) is 5.75 Å². The van der Waals surface area contributed by atoms with Crippen LogP contribution in [-0.4, -0.2) is 54.4 Å². The fourth-order valence-corrected chi connectivity index (χ4v) is 3.13. The number of nitrogens with one attached hydrogen (secondary N) is 1. The summed E-state index contributed by atoms with van der Waals surface area (Å²) in [5.41, 5.74) is 1.91. The fourth-order valence-electron chi connectivity index (χ4n) is 3.13. The third-order valence-electron chi connectivity index (χ3n) is 4.60. The number of carbonyl (C=O) groups excluding carboxylic acids is 1. The summed E-state index contributed by atoms with van der Waals surface area (Å²) in [5, 5.41) is 19.4. The Hall–Kier alpha value is -3.76. The van der Waals surface area contributed by atoms with Gasteiger partial charge < -0.3 is 25.2 Å². The van der Waals surface area contributed by atoms with Gasteiger partial charge in [0.25, 0.3) is 5.91 Å². The number of rotatable bonds is 9. The fraction of sp³-hybridized carbons (Fsp3) is 0.400. The number of ether oxygens (including phenoxy) is 1. The molecule has 0 atom stereocenters. The highest BCUT2D eigenvalue weighted by atomic mass is 19.4. The van der Waals surface area contributed by atoms with Gasteiger partial charge >= 0.3 is 18.1 Å². The van der Waals surface area contributed by atoms with Crippen molar-refractivity contribution >= 4 is 29.2 Å². The molecule has 0 saturated carbocycles. The standard InChI is InChI=1S/C23H30N2O4.C2HF3O2/c1-15(2)13-25(14-16(3)4)21-11-8-18(23(27)28)12-20(21)24-22(26)17-6-9-19(29-5)10-7-17;3-2(4,5)1(6)7/h6-12,15-16H,13-14H2,1-5H3,(H,24,26)(H,27,28);(H,6,7). The number of anilines is 2. The van der Waals surface area contributed by atoms with E-state index in [1.807, 2.05) is 0 Å². The average Bonchev–Trinajstić information content (AvgIpc) is 2.77. The van der Waals surface area contributed by atoms with Gasteiger partial charge in [0.1, 0.15) is 5.75 Å². The molecule has 0 aliphatic heterocycles. The number of hydrogen-bond acceptors (Lipinski definition) is 5. The van der Waals surface area contributed by atoms with Crippen LogP contribution in [0.4, 0.5) is 24.5 Å². The van der Waals surface area contributed by atoms with E-state index >= 15 is 0 Å². The smallest absolute Gasteiger partial charge is 0.490 e. The monoisotopic (exact) mass is 512 g/mol. The highest BCUT2D eigenvalue weighted by molar-refractivity contribution is 6.06. The summed E-state index contributed by atoms with van der Waals surface area (Å²) in [6.45, 7) is 10.1. The lowest BCUT2D eigenvalue weighted by atomic mass is 10.1. The zero-order valence-electron chi connectivity index (χ0n) is 20.7. The number of carboxylic acid groups (broad SMARTS) is 2. The number of alkyl halides is 3. The Balaban J connectivity index is 0.000000809. The Kier molecular flexibility index (Phi) is 11.2. The molecule has 1 amide bonds. The van der Waals surface area contributed by atoms with Crippen molar-refractivity contribution in [3.8, 4) is 5.75 Å². The van der Waals surface area contributed by atoms with Crippen molar-refractivity contribution in [3.63, 3.8) is 0 Å². The molecule has 2 rings (SSSR count). The number of halogens is 3. The topological polar surface area (TPSA) is 116 Å². The van der Waals surface area contributed by atoms with Crippen molar-refractivity contribution < 1.29 is 42.5 Å². The SMILES string of the molecule is COc1ccc(C(=O)Nc2cc(C(=O)O)ccc2N(CC(C)C)CC(C)C)cc1.O=C(O)C(F)(F)F. The number of methoxy groups -OCH3 is 1. The number of benzene rings is 2. The lowest BCUT2D eigenvalue weighted by Crippen LogP contribution is -2.32. The minimum absolute atomic E-state index is 0.132. The third kappa shape index (κ3) is 9.85. The van der Waals surface area contributed by atoms with E-state index in [0.29, 0.717) is 28.8 Å². The van der Waals surface area contributed by atoms with Gasteiger partial charge in [-0.25, -0.2) is 9.59 Å². The van der Waals surface area contributed by atoms with Crippen LogP contribution < -0.4 is 15.0 Å². The number of aliphatic carboxylic acids is 1. The number of nitrogens with zero attached hydrogens (tertiary/aromatic N) is 1. The molecule has 2 aromatic carbocycles. The van der Waals surface area contributed by atoms with Gasteiger partial charge in [0.15, 0.2) is 0 Å². The van der Waals surface area contributed by atoms with E-state index < -0.39 is 18.1 Å². The van der Waals surface area contributed by atoms with Gasteiger partial charge in [-0.15, -0.1) is 0 Å². The number of aromatic carboxylic acids is 1. The normalized spacial score (nSPS) is 10.9. The molecule has 0 heterocycles. The van der Waals surface area contributed by atoms with Crippen LogP contribution in [0, 0.1) is 11.8 Å². The van der Waals surface area contributed by atoms with E-state index in [4.69, 9.17) is 14.6 Å². The number of carboxylic acids is 2. The van der Waals surface area contributed by atoms with Crippen LogP contribution >= 0.6 is 0 Å². The van der Waals surface area contributed by atoms with Crippen molar-refractivity contribution in [2.75, 3.05) is 30.4 Å². The molecule has 0 radical (unpaired) electrons. The van der Waals surface area contributed by atoms with Crippen molar-refractivity contribution in [1.82, 2.24) is 0 Å². The minimum Gasteiger partial charge on any atom is -0.497 e. The first-order valence-electron chi connectivity index (χ1n) is 11.0. The van der Waals surface area contributed by atoms with Crippen LogP contribution in [-0.2, 0) is 4.79 Å². The molecule has 11 heteroatoms. The van der Waals surface area contributed by atoms with Gasteiger partial charge in [0.05, 0.1) is 24.0 Å². The summed E-state index contributed by atoms with van der Waals surface area (Å²) in [4.78, 5) is 35.4. The lowest BCUT2D eigenvalue weighted by molar-refractivity contribution is -0.192. The van der Waals surface area contributed by atoms with Crippen molar-refractivity contribution in [3.05, 3.63) is 53.6 Å². The Morgan fingerprint density at radius 1 is 0.917 bits per heavy atom. The van der Waals surface area contributed by atoms with Crippen LogP contribution in [0.1, 0.15) is 48.4 Å². The molecule has 3 N–H and O–H groups in total. The van der Waals surface area contributed by atoms with Gasteiger partial charge in [-0.05, 0) is 54.3 Å². The zero-order chi connectivity index (χ0) is 27.6. The van der Waals surface area contributed by atoms with Crippen molar-refractivity contribution in [2.45, 2.75) is 33.9 Å². The maximum atomic E-state index is 12.8. The zero-order valence-corrected chi connectivity index (χ0v) is 20.7. The second kappa shape index (κ2) is 13.4. The summed E-state index contributed by atoms with van der Waals surface area (Å²) < 4.78 is 36.9. The summed E-state index contributed by atoms with van der Waals surface area (Å²) in [6.07, 6.45) is -5.08. The Labute approximate surface area is 207 Å². The largest absolute Gasteiger partial charge is 0.497 e. The Bertz CT molecular complexity index is 1030. The quantitative estimate of drug-likeness (QED) is 0.412. The first-order chi connectivity index (χ1) is 16.6. The molecule has 0 bridgehead atoms. The van der Waals surface area contributed by atoms with Crippen LogP contribution in [0.3, 0.4) is 0 Å². The van der Waals surface area contributed by atoms with Crippen molar-refractivity contribution in [2.24, 2.45) is 11.8 Å². The molecule has 36 heavy (non-hydrogen) atoms. The molecule has 0 unspecified atom stereocenters. The van der Waals surface area contributed by atoms with E-state index in [2.05, 4.69) is 37.9 Å².